The highest BCUT2D eigenvalue weighted by atomic mass is 32.1. The van der Waals surface area contributed by atoms with Crippen LogP contribution in [0.1, 0.15) is 26.7 Å². The van der Waals surface area contributed by atoms with Gasteiger partial charge in [-0.15, -0.1) is 0 Å². The Balaban J connectivity index is 0.00000106. The van der Waals surface area contributed by atoms with E-state index in [1.54, 1.807) is 0 Å². The summed E-state index contributed by atoms with van der Waals surface area (Å²) in [7, 11) is 4.19. The predicted octanol–water partition coefficient (Wildman–Crippen LogP) is 3.80. The van der Waals surface area contributed by atoms with Crippen LogP contribution in [-0.4, -0.2) is 32.1 Å². The summed E-state index contributed by atoms with van der Waals surface area (Å²) >= 11 is 10.0. The molecule has 0 aromatic heterocycles. The van der Waals surface area contributed by atoms with Gasteiger partial charge in [0.15, 0.2) is 0 Å². The highest BCUT2D eigenvalue weighted by Crippen LogP contribution is 2.16. The molecule has 0 amide bonds. The van der Waals surface area contributed by atoms with Crippen LogP contribution in [0.2, 0.25) is 0 Å². The smallest absolute Gasteiger partial charge is 0.0790 e. The van der Waals surface area contributed by atoms with E-state index in [0.717, 1.165) is 27.8 Å². The van der Waals surface area contributed by atoms with Crippen LogP contribution in [-0.2, 0) is 0 Å². The number of rotatable bonds is 6. The lowest BCUT2D eigenvalue weighted by molar-refractivity contribution is 0.396. The first-order chi connectivity index (χ1) is 7.61. The van der Waals surface area contributed by atoms with E-state index in [1.165, 1.54) is 12.8 Å². The Labute approximate surface area is 109 Å². The van der Waals surface area contributed by atoms with Crippen molar-refractivity contribution >= 4 is 30.1 Å². The van der Waals surface area contributed by atoms with Crippen LogP contribution in [0.4, 0.5) is 5.69 Å². The molecular formula is C12H22N2S2. The van der Waals surface area contributed by atoms with E-state index in [9.17, 15) is 0 Å². The molecule has 0 spiro atoms. The second-order valence-corrected chi connectivity index (χ2v) is 4.54. The number of nitrogens with one attached hydrogen (secondary N) is 1. The van der Waals surface area contributed by atoms with Gasteiger partial charge in [-0.2, -0.15) is 0 Å². The number of unbranched alkanes of at least 4 members (excludes halogenated alkanes) is 1. The Morgan fingerprint density at radius 3 is 2.25 bits per heavy atom. The highest BCUT2D eigenvalue weighted by Gasteiger charge is 2.00. The second kappa shape index (κ2) is 8.79. The first kappa shape index (κ1) is 15.7. The van der Waals surface area contributed by atoms with Crippen LogP contribution in [0.3, 0.4) is 0 Å². The highest BCUT2D eigenvalue weighted by molar-refractivity contribution is 7.74. The van der Waals surface area contributed by atoms with Gasteiger partial charge in [-0.25, -0.2) is 0 Å². The molecule has 1 rings (SSSR count). The summed E-state index contributed by atoms with van der Waals surface area (Å²) in [5, 5.41) is 3.29. The molecule has 1 aromatic carbocycles. The third-order valence-electron chi connectivity index (χ3n) is 2.09. The van der Waals surface area contributed by atoms with Crippen molar-refractivity contribution in [2.24, 2.45) is 0 Å². The van der Waals surface area contributed by atoms with Gasteiger partial charge in [0.25, 0.3) is 0 Å². The van der Waals surface area contributed by atoms with Gasteiger partial charge in [0.2, 0.25) is 0 Å². The molecule has 0 saturated heterocycles. The van der Waals surface area contributed by atoms with E-state index in [1.807, 2.05) is 19.9 Å². The molecule has 1 aromatic rings. The molecule has 0 heterocycles. The van der Waals surface area contributed by atoms with E-state index in [0.29, 0.717) is 0 Å². The van der Waals surface area contributed by atoms with Crippen molar-refractivity contribution in [1.82, 2.24) is 4.90 Å². The fraction of sp³-hybridized carbons (Fsp3) is 0.667. The van der Waals surface area contributed by atoms with Crippen LogP contribution in [0.5, 0.6) is 0 Å². The van der Waals surface area contributed by atoms with E-state index in [-0.39, 0.29) is 0 Å². The molecule has 4 heteroatoms. The topological polar surface area (TPSA) is 15.3 Å². The number of hydrogen-bond acceptors (Lipinski definition) is 4. The normalized spacial score (nSPS) is 10.1. The third kappa shape index (κ3) is 5.68. The Morgan fingerprint density at radius 2 is 1.81 bits per heavy atom. The molecule has 0 saturated carbocycles. The zero-order valence-corrected chi connectivity index (χ0v) is 12.3. The van der Waals surface area contributed by atoms with Crippen LogP contribution < -0.4 is 5.32 Å². The minimum absolute atomic E-state index is 0.816. The van der Waals surface area contributed by atoms with Crippen LogP contribution in [0.15, 0.2) is 6.07 Å². The molecule has 0 aliphatic heterocycles. The second-order valence-electron chi connectivity index (χ2n) is 3.69. The SMILES string of the molecule is CC.CN(C)CCCCNc1cc(=S)c1=S. The van der Waals surface area contributed by atoms with Crippen LogP contribution >= 0.6 is 24.4 Å². The van der Waals surface area contributed by atoms with Gasteiger partial charge in [0, 0.05) is 6.54 Å². The van der Waals surface area contributed by atoms with Crippen molar-refractivity contribution in [3.63, 3.8) is 0 Å². The Hall–Kier alpha value is -0.320. The van der Waals surface area contributed by atoms with E-state index >= 15 is 0 Å². The van der Waals surface area contributed by atoms with Crippen molar-refractivity contribution in [3.8, 4) is 0 Å². The summed E-state index contributed by atoms with van der Waals surface area (Å²) in [6.07, 6.45) is 2.38. The molecule has 1 N–H and O–H groups in total. The van der Waals surface area contributed by atoms with E-state index in [4.69, 9.17) is 24.4 Å². The quantitative estimate of drug-likeness (QED) is 0.616. The number of hydrogen-bond donors (Lipinski definition) is 1. The molecule has 0 aliphatic carbocycles. The summed E-state index contributed by atoms with van der Waals surface area (Å²) in [6, 6.07) is 1.93. The summed E-state index contributed by atoms with van der Waals surface area (Å²) < 4.78 is 1.64. The zero-order valence-electron chi connectivity index (χ0n) is 10.7. The first-order valence-corrected chi connectivity index (χ1v) is 6.62. The average molecular weight is 258 g/mol. The lowest BCUT2D eigenvalue weighted by atomic mass is 10.2. The van der Waals surface area contributed by atoms with Gasteiger partial charge < -0.3 is 10.2 Å². The Kier molecular flexibility index (Phi) is 8.61. The van der Waals surface area contributed by atoms with Gasteiger partial charge >= 0.3 is 0 Å². The molecule has 92 valence electrons. The van der Waals surface area contributed by atoms with Crippen molar-refractivity contribution in [1.29, 1.82) is 0 Å². The first-order valence-electron chi connectivity index (χ1n) is 5.80. The zero-order chi connectivity index (χ0) is 12.6. The van der Waals surface area contributed by atoms with Crippen molar-refractivity contribution in [2.75, 3.05) is 32.5 Å². The molecule has 16 heavy (non-hydrogen) atoms. The molecule has 0 unspecified atom stereocenters. The molecule has 0 aliphatic rings. The molecule has 0 radical (unpaired) electrons. The van der Waals surface area contributed by atoms with E-state index < -0.39 is 0 Å². The maximum Gasteiger partial charge on any atom is 0.0790 e. The van der Waals surface area contributed by atoms with Gasteiger partial charge in [-0.05, 0) is 39.5 Å². The Bertz CT molecular complexity index is 351. The fourth-order valence-electron chi connectivity index (χ4n) is 1.22. The minimum Gasteiger partial charge on any atom is -0.384 e. The largest absolute Gasteiger partial charge is 0.384 e. The molecule has 2 nitrogen and oxygen atoms in total. The predicted molar refractivity (Wildman–Crippen MR) is 78.1 cm³/mol. The van der Waals surface area contributed by atoms with Crippen molar-refractivity contribution in [3.05, 3.63) is 15.1 Å². The average Bonchev–Trinajstić information content (AvgIpc) is 2.29. The summed E-state index contributed by atoms with van der Waals surface area (Å²) in [5.41, 5.74) is 1.05. The third-order valence-corrected chi connectivity index (χ3v) is 2.98. The van der Waals surface area contributed by atoms with E-state index in [2.05, 4.69) is 24.3 Å². The van der Waals surface area contributed by atoms with Crippen LogP contribution in [0, 0.1) is 9.02 Å². The van der Waals surface area contributed by atoms with Gasteiger partial charge in [-0.3, -0.25) is 0 Å². The van der Waals surface area contributed by atoms with Crippen molar-refractivity contribution < 1.29 is 0 Å². The lowest BCUT2D eigenvalue weighted by Crippen LogP contribution is -2.14. The molecule has 0 atom stereocenters. The monoisotopic (exact) mass is 258 g/mol. The number of anilines is 1. The fourth-order valence-corrected chi connectivity index (χ4v) is 1.64. The summed E-state index contributed by atoms with van der Waals surface area (Å²) in [5.74, 6) is 0. The Morgan fingerprint density at radius 1 is 1.19 bits per heavy atom. The maximum absolute atomic E-state index is 5.07. The van der Waals surface area contributed by atoms with Crippen LogP contribution in [0.25, 0.3) is 0 Å². The minimum atomic E-state index is 0.816. The molecular weight excluding hydrogens is 236 g/mol. The van der Waals surface area contributed by atoms with Gasteiger partial charge in [-0.1, -0.05) is 38.3 Å². The summed E-state index contributed by atoms with van der Waals surface area (Å²) in [6.45, 7) is 6.13. The summed E-state index contributed by atoms with van der Waals surface area (Å²) in [4.78, 5) is 2.20. The lowest BCUT2D eigenvalue weighted by Gasteiger charge is -2.11. The van der Waals surface area contributed by atoms with Gasteiger partial charge in [0.1, 0.15) is 0 Å². The van der Waals surface area contributed by atoms with Crippen molar-refractivity contribution in [2.45, 2.75) is 26.7 Å². The molecule has 0 bridgehead atoms. The van der Waals surface area contributed by atoms with Gasteiger partial charge in [0.05, 0.1) is 14.7 Å². The molecule has 0 fully saturated rings. The maximum atomic E-state index is 5.07. The number of nitrogens with zero attached hydrogens (tertiary/aromatic N) is 1. The standard InChI is InChI=1S/C10H16N2S2.C2H6/c1-12(2)6-4-3-5-11-8-7-9(13)10(8)14;1-2/h7,11H,3-6H2,1-2H3;1-2H3.